The van der Waals surface area contributed by atoms with Gasteiger partial charge in [0.25, 0.3) is 0 Å². The van der Waals surface area contributed by atoms with Crippen molar-refractivity contribution in [2.45, 2.75) is 0 Å². The van der Waals surface area contributed by atoms with Crippen molar-refractivity contribution in [2.75, 3.05) is 0 Å². The molecule has 0 rings (SSSR count). The molecule has 0 amide bonds. The Morgan fingerprint density at radius 3 is 1.25 bits per heavy atom. The van der Waals surface area contributed by atoms with Crippen molar-refractivity contribution in [2.24, 2.45) is 0 Å². The third-order valence-corrected chi connectivity index (χ3v) is 0. The van der Waals surface area contributed by atoms with E-state index in [0.29, 0.717) is 19.8 Å². The van der Waals surface area contributed by atoms with Gasteiger partial charge in [-0.3, -0.25) is 0 Å². The molecule has 0 bridgehead atoms. The fourth-order valence-corrected chi connectivity index (χ4v) is 0. The first-order chi connectivity index (χ1) is 1.00. The van der Waals surface area contributed by atoms with Crippen LogP contribution in [0.4, 0.5) is 0 Å². The molecule has 18 valence electrons. The normalized spacial score (nSPS) is 1.00. The Morgan fingerprint density at radius 1 is 1.25 bits per heavy atom. The minimum Gasteiger partial charge on any atom is 0 e. The van der Waals surface area contributed by atoms with Crippen molar-refractivity contribution < 1.29 is 41.7 Å². The average Bonchev–Trinajstić information content (AvgIpc) is 1.00. The predicted molar refractivity (Wildman–Crippen MR) is 6.44 cm³/mol. The predicted octanol–water partition coefficient (Wildman–Crippen LogP) is -0.505. The summed E-state index contributed by atoms with van der Waals surface area (Å²) in [4.78, 5) is 0. The molecule has 4 heavy (non-hydrogen) atoms. The number of hydrogen-bond donors (Lipinski definition) is 0. The molecule has 4 heteroatoms. The van der Waals surface area contributed by atoms with Gasteiger partial charge in [-0.15, -0.1) is 0 Å². The van der Waals surface area contributed by atoms with Crippen LogP contribution in [0.3, 0.4) is 0 Å². The average molecular weight is 170 g/mol. The SMILES string of the molecule is [Li].[O]=[Mo].[V]. The molecule has 0 atom stereocenters. The van der Waals surface area contributed by atoms with Crippen LogP contribution in [0.2, 0.25) is 0 Å². The summed E-state index contributed by atoms with van der Waals surface area (Å²) in [5.41, 5.74) is 0. The van der Waals surface area contributed by atoms with Crippen LogP contribution in [0, 0.1) is 0 Å². The van der Waals surface area contributed by atoms with Crippen LogP contribution in [0.15, 0.2) is 0 Å². The molecule has 0 N–H and O–H groups in total. The monoisotopic (exact) mass is 172 g/mol. The number of rotatable bonds is 0. The molecule has 0 aliphatic carbocycles. The minimum atomic E-state index is 0. The van der Waals surface area contributed by atoms with Crippen molar-refractivity contribution in [3.05, 3.63) is 0 Å². The van der Waals surface area contributed by atoms with Crippen LogP contribution >= 0.6 is 0 Å². The standard InChI is InChI=1S/Li.Mo.O.V. The van der Waals surface area contributed by atoms with Crippen LogP contribution in [-0.4, -0.2) is 18.9 Å². The second kappa shape index (κ2) is 22.6. The van der Waals surface area contributed by atoms with E-state index in [9.17, 15) is 0 Å². The fraction of sp³-hybridized carbons (Fsp3) is 0. The molecule has 2 radical (unpaired) electrons. The smallest absolute Gasteiger partial charge is 0 e. The molecule has 0 saturated heterocycles. The molecule has 0 aromatic rings. The van der Waals surface area contributed by atoms with E-state index in [1.165, 1.54) is 0 Å². The van der Waals surface area contributed by atoms with Crippen molar-refractivity contribution in [3.8, 4) is 0 Å². The Hall–Kier alpha value is 1.67. The van der Waals surface area contributed by atoms with Gasteiger partial charge >= 0.3 is 23.2 Å². The van der Waals surface area contributed by atoms with Crippen molar-refractivity contribution in [3.63, 3.8) is 0 Å². The van der Waals surface area contributed by atoms with Gasteiger partial charge in [0.2, 0.25) is 0 Å². The van der Waals surface area contributed by atoms with E-state index < -0.39 is 0 Å². The molecule has 0 heterocycles. The first-order valence-electron chi connectivity index (χ1n) is 0.167. The van der Waals surface area contributed by atoms with E-state index in [-0.39, 0.29) is 37.4 Å². The second-order valence-corrected chi connectivity index (χ2v) is 0. The maximum atomic E-state index is 8.26. The van der Waals surface area contributed by atoms with Crippen molar-refractivity contribution >= 4 is 18.9 Å². The van der Waals surface area contributed by atoms with Gasteiger partial charge in [0, 0.05) is 37.4 Å². The Bertz CT molecular complexity index is 8.00. The summed E-state index contributed by atoms with van der Waals surface area (Å²) in [5.74, 6) is 0. The van der Waals surface area contributed by atoms with Crippen molar-refractivity contribution in [1.29, 1.82) is 0 Å². The summed E-state index contributed by atoms with van der Waals surface area (Å²) in [6, 6.07) is 0. The largest absolute Gasteiger partial charge is 0 e. The van der Waals surface area contributed by atoms with E-state index in [2.05, 4.69) is 0 Å². The summed E-state index contributed by atoms with van der Waals surface area (Å²) in [5, 5.41) is 0. The summed E-state index contributed by atoms with van der Waals surface area (Å²) >= 11 is 0.700. The third kappa shape index (κ3) is 9.38. The molecule has 0 aliphatic rings. The van der Waals surface area contributed by atoms with E-state index in [1.54, 1.807) is 0 Å². The van der Waals surface area contributed by atoms with Crippen molar-refractivity contribution in [1.82, 2.24) is 0 Å². The van der Waals surface area contributed by atoms with Crippen LogP contribution < -0.4 is 0 Å². The fourth-order valence-electron chi connectivity index (χ4n) is 0. The van der Waals surface area contributed by atoms with Gasteiger partial charge in [-0.25, -0.2) is 0 Å². The van der Waals surface area contributed by atoms with E-state index >= 15 is 0 Å². The topological polar surface area (TPSA) is 17.1 Å². The molecule has 0 aliphatic heterocycles. The second-order valence-electron chi connectivity index (χ2n) is 0. The van der Waals surface area contributed by atoms with Gasteiger partial charge in [-0.2, -0.15) is 0 Å². The first-order valence-corrected chi connectivity index (χ1v) is 0.986. The number of hydrogen-bond acceptors (Lipinski definition) is 1. The summed E-state index contributed by atoms with van der Waals surface area (Å²) in [7, 11) is 0. The molecule has 0 saturated carbocycles. The van der Waals surface area contributed by atoms with E-state index in [4.69, 9.17) is 3.40 Å². The molecule has 0 aromatic heterocycles. The van der Waals surface area contributed by atoms with E-state index in [1.807, 2.05) is 0 Å². The van der Waals surface area contributed by atoms with Crippen LogP contribution in [0.1, 0.15) is 0 Å². The Labute approximate surface area is 60.2 Å². The summed E-state index contributed by atoms with van der Waals surface area (Å²) < 4.78 is 8.26. The Morgan fingerprint density at radius 2 is 1.25 bits per heavy atom. The molecule has 0 spiro atoms. The van der Waals surface area contributed by atoms with E-state index in [0.717, 1.165) is 0 Å². The maximum Gasteiger partial charge on any atom is 0 e. The van der Waals surface area contributed by atoms with Crippen LogP contribution in [-0.2, 0) is 41.7 Å². The molecular formula is LiMoOV. The zero-order valence-electron chi connectivity index (χ0n) is 2.26. The van der Waals surface area contributed by atoms with Gasteiger partial charge in [-0.1, -0.05) is 0 Å². The molecule has 0 fully saturated rings. The Balaban J connectivity index is -0.00000000500. The molecule has 0 unspecified atom stereocenters. The quantitative estimate of drug-likeness (QED) is 0.447. The van der Waals surface area contributed by atoms with Gasteiger partial charge in [0.05, 0.1) is 0 Å². The summed E-state index contributed by atoms with van der Waals surface area (Å²) in [6.45, 7) is 0. The molecule has 0 aromatic carbocycles. The molecular weight excluding hydrogens is 170 g/mol. The molecule has 1 nitrogen and oxygen atoms in total. The summed E-state index contributed by atoms with van der Waals surface area (Å²) in [6.07, 6.45) is 0. The van der Waals surface area contributed by atoms with Gasteiger partial charge < -0.3 is 0 Å². The minimum absolute atomic E-state index is 0. The van der Waals surface area contributed by atoms with Gasteiger partial charge in [0.1, 0.15) is 0 Å². The Kier molecular flexibility index (Phi) is 97.8. The van der Waals surface area contributed by atoms with Gasteiger partial charge in [-0.05, 0) is 0 Å². The third-order valence-electron chi connectivity index (χ3n) is 0. The van der Waals surface area contributed by atoms with Gasteiger partial charge in [0.15, 0.2) is 0 Å². The first kappa shape index (κ1) is 17.3. The maximum absolute atomic E-state index is 8.26. The zero-order chi connectivity index (χ0) is 2.00. The van der Waals surface area contributed by atoms with Crippen LogP contribution in [0.5, 0.6) is 0 Å². The van der Waals surface area contributed by atoms with Crippen LogP contribution in [0.25, 0.3) is 0 Å². The zero-order valence-corrected chi connectivity index (χ0v) is 5.67.